The molecule has 0 saturated carbocycles. The molecule has 5 nitrogen and oxygen atoms in total. The number of aromatic nitrogens is 1. The van der Waals surface area contributed by atoms with Crippen molar-refractivity contribution < 1.29 is 9.59 Å². The number of hydrogen-bond acceptors (Lipinski definition) is 3. The average Bonchev–Trinajstić information content (AvgIpc) is 2.98. The van der Waals surface area contributed by atoms with Gasteiger partial charge >= 0.3 is 0 Å². The van der Waals surface area contributed by atoms with Gasteiger partial charge in [0.2, 0.25) is 11.8 Å². The molecule has 1 aliphatic heterocycles. The van der Waals surface area contributed by atoms with Crippen LogP contribution in [0.25, 0.3) is 0 Å². The highest BCUT2D eigenvalue weighted by molar-refractivity contribution is 6.32. The van der Waals surface area contributed by atoms with Gasteiger partial charge in [-0.05, 0) is 30.2 Å². The van der Waals surface area contributed by atoms with Crippen LogP contribution in [0, 0.1) is 5.92 Å². The van der Waals surface area contributed by atoms with E-state index >= 15 is 0 Å². The van der Waals surface area contributed by atoms with Gasteiger partial charge in [0.15, 0.2) is 5.15 Å². The number of carbonyl (C=O) groups excluding carboxylic acids is 2. The van der Waals surface area contributed by atoms with E-state index < -0.39 is 5.92 Å². The minimum absolute atomic E-state index is 0.0340. The normalized spacial score (nSPS) is 17.2. The van der Waals surface area contributed by atoms with Gasteiger partial charge in [-0.1, -0.05) is 36.7 Å². The summed E-state index contributed by atoms with van der Waals surface area (Å²) in [7, 11) is 0. The molecule has 6 heteroatoms. The van der Waals surface area contributed by atoms with E-state index in [1.165, 1.54) is 0 Å². The van der Waals surface area contributed by atoms with Gasteiger partial charge in [0, 0.05) is 24.8 Å². The first-order valence-electron chi connectivity index (χ1n) is 7.89. The summed E-state index contributed by atoms with van der Waals surface area (Å²) in [5, 5.41) is 3.00. The Morgan fingerprint density at radius 3 is 2.88 bits per heavy atom. The van der Waals surface area contributed by atoms with Crippen LogP contribution in [0.5, 0.6) is 0 Å². The molecule has 0 bridgehead atoms. The summed E-state index contributed by atoms with van der Waals surface area (Å²) in [6.45, 7) is 2.42. The molecule has 1 aliphatic rings. The highest BCUT2D eigenvalue weighted by Gasteiger charge is 2.35. The zero-order valence-corrected chi connectivity index (χ0v) is 14.1. The summed E-state index contributed by atoms with van der Waals surface area (Å²) in [5.74, 6) is -0.651. The van der Waals surface area contributed by atoms with E-state index in [9.17, 15) is 9.59 Å². The number of para-hydroxylation sites is 1. The summed E-state index contributed by atoms with van der Waals surface area (Å²) in [6, 6.07) is 11.2. The fourth-order valence-electron chi connectivity index (χ4n) is 2.90. The quantitative estimate of drug-likeness (QED) is 0.866. The van der Waals surface area contributed by atoms with Crippen LogP contribution < -0.4 is 10.2 Å². The number of amides is 2. The largest absolute Gasteiger partial charge is 0.323 e. The van der Waals surface area contributed by atoms with E-state index in [2.05, 4.69) is 10.3 Å². The first-order valence-corrected chi connectivity index (χ1v) is 8.27. The highest BCUT2D eigenvalue weighted by atomic mass is 35.5. The van der Waals surface area contributed by atoms with Crippen molar-refractivity contribution in [1.29, 1.82) is 0 Å². The first kappa shape index (κ1) is 16.5. The van der Waals surface area contributed by atoms with Gasteiger partial charge < -0.3 is 10.2 Å². The Bertz CT molecular complexity index is 778. The second-order valence-corrected chi connectivity index (χ2v) is 6.08. The zero-order valence-electron chi connectivity index (χ0n) is 13.3. The van der Waals surface area contributed by atoms with Crippen LogP contribution in [0.2, 0.25) is 5.15 Å². The molecule has 3 rings (SSSR count). The maximum absolute atomic E-state index is 12.5. The van der Waals surface area contributed by atoms with Crippen LogP contribution in [0.3, 0.4) is 0 Å². The van der Waals surface area contributed by atoms with Crippen molar-refractivity contribution in [2.24, 2.45) is 5.92 Å². The Morgan fingerprint density at radius 1 is 1.33 bits per heavy atom. The molecule has 1 saturated heterocycles. The molecule has 1 N–H and O–H groups in total. The lowest BCUT2D eigenvalue weighted by molar-refractivity contribution is -0.122. The van der Waals surface area contributed by atoms with Crippen molar-refractivity contribution in [3.63, 3.8) is 0 Å². The summed E-state index contributed by atoms with van der Waals surface area (Å²) in [4.78, 5) is 30.5. The molecule has 1 aromatic heterocycles. The zero-order chi connectivity index (χ0) is 17.1. The van der Waals surface area contributed by atoms with E-state index in [0.29, 0.717) is 12.2 Å². The molecule has 0 unspecified atom stereocenters. The lowest BCUT2D eigenvalue weighted by atomic mass is 10.1. The molecular weight excluding hydrogens is 326 g/mol. The lowest BCUT2D eigenvalue weighted by Crippen LogP contribution is -2.28. The molecule has 2 heterocycles. The van der Waals surface area contributed by atoms with Gasteiger partial charge in [-0.2, -0.15) is 0 Å². The Morgan fingerprint density at radius 2 is 2.12 bits per heavy atom. The lowest BCUT2D eigenvalue weighted by Gasteiger charge is -2.20. The number of aryl methyl sites for hydroxylation is 1. The van der Waals surface area contributed by atoms with Crippen LogP contribution in [0.4, 0.5) is 11.4 Å². The van der Waals surface area contributed by atoms with Gasteiger partial charge in [-0.3, -0.25) is 9.59 Å². The van der Waals surface area contributed by atoms with Gasteiger partial charge in [-0.25, -0.2) is 4.98 Å². The minimum Gasteiger partial charge on any atom is -0.323 e. The van der Waals surface area contributed by atoms with E-state index in [4.69, 9.17) is 11.6 Å². The van der Waals surface area contributed by atoms with E-state index in [1.54, 1.807) is 23.2 Å². The number of carbonyl (C=O) groups is 2. The number of nitrogens with one attached hydrogen (secondary N) is 1. The topological polar surface area (TPSA) is 62.3 Å². The van der Waals surface area contributed by atoms with Crippen molar-refractivity contribution in [3.05, 3.63) is 53.3 Å². The third-order valence-electron chi connectivity index (χ3n) is 4.18. The van der Waals surface area contributed by atoms with Crippen LogP contribution in [-0.4, -0.2) is 23.3 Å². The number of benzene rings is 1. The van der Waals surface area contributed by atoms with Crippen molar-refractivity contribution in [2.75, 3.05) is 16.8 Å². The molecule has 124 valence electrons. The number of rotatable bonds is 4. The third-order valence-corrected chi connectivity index (χ3v) is 4.48. The smallest absolute Gasteiger partial charge is 0.229 e. The summed E-state index contributed by atoms with van der Waals surface area (Å²) < 4.78 is 0. The van der Waals surface area contributed by atoms with Crippen molar-refractivity contribution in [1.82, 2.24) is 4.98 Å². The summed E-state index contributed by atoms with van der Waals surface area (Å²) in [5.41, 5.74) is 2.45. The second kappa shape index (κ2) is 7.01. The van der Waals surface area contributed by atoms with Crippen molar-refractivity contribution in [2.45, 2.75) is 19.8 Å². The van der Waals surface area contributed by atoms with Gasteiger partial charge in [-0.15, -0.1) is 0 Å². The Labute approximate surface area is 145 Å². The Kier molecular flexibility index (Phi) is 4.81. The molecule has 2 amide bonds. The maximum atomic E-state index is 12.5. The summed E-state index contributed by atoms with van der Waals surface area (Å²) in [6.07, 6.45) is 2.59. The minimum atomic E-state index is -0.404. The van der Waals surface area contributed by atoms with E-state index in [1.807, 2.05) is 31.2 Å². The average molecular weight is 344 g/mol. The second-order valence-electron chi connectivity index (χ2n) is 5.72. The van der Waals surface area contributed by atoms with Crippen molar-refractivity contribution >= 4 is 34.8 Å². The number of halogens is 1. The number of anilines is 2. The SMILES string of the molecule is CCc1ccccc1N1C[C@@H](C(=O)Nc2cccnc2Cl)CC1=O. The predicted molar refractivity (Wildman–Crippen MR) is 94.2 cm³/mol. The van der Waals surface area contributed by atoms with E-state index in [-0.39, 0.29) is 23.4 Å². The van der Waals surface area contributed by atoms with Crippen LogP contribution in [0.15, 0.2) is 42.6 Å². The highest BCUT2D eigenvalue weighted by Crippen LogP contribution is 2.29. The fourth-order valence-corrected chi connectivity index (χ4v) is 3.07. The van der Waals surface area contributed by atoms with E-state index in [0.717, 1.165) is 17.7 Å². The molecule has 2 aromatic rings. The molecular formula is C18H18ClN3O2. The molecule has 1 fully saturated rings. The molecule has 1 atom stereocenters. The molecule has 24 heavy (non-hydrogen) atoms. The summed E-state index contributed by atoms with van der Waals surface area (Å²) >= 11 is 5.96. The Balaban J connectivity index is 1.75. The predicted octanol–water partition coefficient (Wildman–Crippen LogP) is 3.29. The fraction of sp³-hybridized carbons (Fsp3) is 0.278. The molecule has 0 aliphatic carbocycles. The van der Waals surface area contributed by atoms with Crippen molar-refractivity contribution in [3.8, 4) is 0 Å². The first-order chi connectivity index (χ1) is 11.6. The van der Waals surface area contributed by atoms with Gasteiger partial charge in [0.1, 0.15) is 0 Å². The molecule has 1 aromatic carbocycles. The van der Waals surface area contributed by atoms with Gasteiger partial charge in [0.25, 0.3) is 0 Å². The van der Waals surface area contributed by atoms with Crippen LogP contribution in [0.1, 0.15) is 18.9 Å². The third kappa shape index (κ3) is 3.26. The van der Waals surface area contributed by atoms with Crippen LogP contribution in [-0.2, 0) is 16.0 Å². The van der Waals surface area contributed by atoms with Gasteiger partial charge in [0.05, 0.1) is 11.6 Å². The number of pyridine rings is 1. The number of hydrogen-bond donors (Lipinski definition) is 1. The maximum Gasteiger partial charge on any atom is 0.229 e. The molecule has 0 spiro atoms. The Hall–Kier alpha value is -2.40. The number of nitrogens with zero attached hydrogens (tertiary/aromatic N) is 2. The standard InChI is InChI=1S/C18H18ClN3O2/c1-2-12-6-3-4-8-15(12)22-11-13(10-16(22)23)18(24)21-14-7-5-9-20-17(14)19/h3-9,13H,2,10-11H2,1H3,(H,21,24)/t13-/m0/s1. The molecule has 0 radical (unpaired) electrons. The van der Waals surface area contributed by atoms with Crippen LogP contribution >= 0.6 is 11.6 Å². The monoisotopic (exact) mass is 343 g/mol.